The first kappa shape index (κ1) is 25.4. The van der Waals surface area contributed by atoms with Crippen molar-refractivity contribution >= 4 is 5.91 Å². The van der Waals surface area contributed by atoms with Gasteiger partial charge in [0.05, 0.1) is 29.4 Å². The molecule has 4 N–H and O–H groups in total. The molecule has 0 spiro atoms. The van der Waals surface area contributed by atoms with Crippen LogP contribution < -0.4 is 16.2 Å². The molecule has 196 valence electrons. The molecule has 0 radical (unpaired) electrons. The lowest BCUT2D eigenvalue weighted by atomic mass is 9.70. The van der Waals surface area contributed by atoms with E-state index in [-0.39, 0.29) is 46.8 Å². The number of aromatic nitrogens is 2. The maximum Gasteiger partial charge on any atom is 0.416 e. The molecular formula is C27H30F3N5O2. The van der Waals surface area contributed by atoms with Gasteiger partial charge < -0.3 is 10.4 Å². The molecule has 7 nitrogen and oxygen atoms in total. The summed E-state index contributed by atoms with van der Waals surface area (Å²) in [5.74, 6) is -0.405. The minimum absolute atomic E-state index is 0.0128. The minimum Gasteiger partial charge on any atom is -0.392 e. The summed E-state index contributed by atoms with van der Waals surface area (Å²) in [6.45, 7) is 1.74. The van der Waals surface area contributed by atoms with Gasteiger partial charge in [0.25, 0.3) is 5.91 Å². The maximum atomic E-state index is 13.7. The number of aryl methyl sites for hydroxylation is 1. The van der Waals surface area contributed by atoms with Gasteiger partial charge in [0.1, 0.15) is 0 Å². The molecule has 2 aromatic carbocycles. The molecule has 2 aliphatic rings. The summed E-state index contributed by atoms with van der Waals surface area (Å²) >= 11 is 0. The third kappa shape index (κ3) is 5.01. The van der Waals surface area contributed by atoms with Crippen molar-refractivity contribution in [2.45, 2.75) is 56.1 Å². The highest BCUT2D eigenvalue weighted by atomic mass is 19.4. The lowest BCUT2D eigenvalue weighted by molar-refractivity contribution is -0.137. The van der Waals surface area contributed by atoms with Gasteiger partial charge in [0, 0.05) is 36.3 Å². The van der Waals surface area contributed by atoms with E-state index >= 15 is 0 Å². The number of nitrogens with one attached hydrogen (secondary N) is 3. The van der Waals surface area contributed by atoms with Crippen molar-refractivity contribution in [1.82, 2.24) is 25.9 Å². The molecular weight excluding hydrogens is 483 g/mol. The van der Waals surface area contributed by atoms with E-state index in [1.165, 1.54) is 10.7 Å². The predicted molar refractivity (Wildman–Crippen MR) is 132 cm³/mol. The molecule has 1 saturated carbocycles. The van der Waals surface area contributed by atoms with E-state index in [2.05, 4.69) is 21.3 Å². The number of nitrogens with zero attached hydrogens (tertiary/aromatic N) is 2. The molecule has 1 saturated heterocycles. The van der Waals surface area contributed by atoms with Crippen LogP contribution in [0.1, 0.15) is 47.2 Å². The highest BCUT2D eigenvalue weighted by molar-refractivity contribution is 6.01. The molecule has 1 amide bonds. The lowest BCUT2D eigenvalue weighted by Crippen LogP contribution is -2.56. The topological polar surface area (TPSA) is 91.2 Å². The first-order valence-electron chi connectivity index (χ1n) is 12.4. The van der Waals surface area contributed by atoms with Crippen molar-refractivity contribution in [2.75, 3.05) is 0 Å². The molecule has 1 aromatic heterocycles. The fraction of sp³-hybridized carbons (Fsp3) is 0.407. The number of carbonyl (C=O) groups excluding carboxylic acids is 1. The van der Waals surface area contributed by atoms with E-state index < -0.39 is 23.8 Å². The minimum atomic E-state index is -4.55. The average molecular weight is 514 g/mol. The van der Waals surface area contributed by atoms with Gasteiger partial charge in [-0.15, -0.1) is 0 Å². The van der Waals surface area contributed by atoms with Gasteiger partial charge in [-0.3, -0.25) is 20.3 Å². The molecule has 37 heavy (non-hydrogen) atoms. The number of aliphatic hydroxyl groups is 1. The predicted octanol–water partition coefficient (Wildman–Crippen LogP) is 3.62. The number of hydrogen-bond acceptors (Lipinski definition) is 5. The van der Waals surface area contributed by atoms with E-state index in [1.807, 2.05) is 30.3 Å². The number of amides is 1. The maximum absolute atomic E-state index is 13.7. The van der Waals surface area contributed by atoms with Crippen LogP contribution in [0.2, 0.25) is 0 Å². The normalized spacial score (nSPS) is 26.5. The Balaban J connectivity index is 1.51. The van der Waals surface area contributed by atoms with Crippen molar-refractivity contribution in [2.24, 2.45) is 13.0 Å². The summed E-state index contributed by atoms with van der Waals surface area (Å²) in [6.07, 6.45) is -1.87. The highest BCUT2D eigenvalue weighted by Crippen LogP contribution is 2.40. The summed E-state index contributed by atoms with van der Waals surface area (Å²) in [4.78, 5) is 13.7. The number of rotatable bonds is 5. The van der Waals surface area contributed by atoms with Crippen LogP contribution in [0, 0.1) is 5.92 Å². The van der Waals surface area contributed by atoms with Crippen molar-refractivity contribution < 1.29 is 23.1 Å². The molecule has 3 aromatic rings. The van der Waals surface area contributed by atoms with Crippen LogP contribution in [0.5, 0.6) is 0 Å². The second-order valence-electron chi connectivity index (χ2n) is 9.97. The van der Waals surface area contributed by atoms with Gasteiger partial charge in [-0.1, -0.05) is 30.3 Å². The van der Waals surface area contributed by atoms with Crippen LogP contribution in [0.25, 0.3) is 11.3 Å². The first-order chi connectivity index (χ1) is 17.6. The van der Waals surface area contributed by atoms with E-state index in [0.717, 1.165) is 30.5 Å². The van der Waals surface area contributed by atoms with E-state index in [9.17, 15) is 23.1 Å². The van der Waals surface area contributed by atoms with E-state index in [1.54, 1.807) is 26.2 Å². The summed E-state index contributed by atoms with van der Waals surface area (Å²) in [6, 6.07) is 13.9. The van der Waals surface area contributed by atoms with E-state index in [4.69, 9.17) is 0 Å². The number of benzene rings is 2. The zero-order valence-corrected chi connectivity index (χ0v) is 20.5. The van der Waals surface area contributed by atoms with Crippen LogP contribution in [0.3, 0.4) is 0 Å². The fourth-order valence-electron chi connectivity index (χ4n) is 5.81. The quantitative estimate of drug-likeness (QED) is 0.419. The smallest absolute Gasteiger partial charge is 0.392 e. The largest absolute Gasteiger partial charge is 0.416 e. The van der Waals surface area contributed by atoms with Gasteiger partial charge in [-0.2, -0.15) is 18.3 Å². The Kier molecular flexibility index (Phi) is 6.82. The summed E-state index contributed by atoms with van der Waals surface area (Å²) in [5, 5.41) is 17.7. The lowest BCUT2D eigenvalue weighted by Gasteiger charge is -2.41. The molecule has 5 rings (SSSR count). The molecule has 2 heterocycles. The molecule has 6 atom stereocenters. The summed E-state index contributed by atoms with van der Waals surface area (Å²) < 4.78 is 42.0. The fourth-order valence-corrected chi connectivity index (χ4v) is 5.81. The van der Waals surface area contributed by atoms with Crippen LogP contribution in [-0.2, 0) is 13.2 Å². The summed E-state index contributed by atoms with van der Waals surface area (Å²) in [7, 11) is 1.67. The molecule has 5 unspecified atom stereocenters. The standard InChI is InChI=1S/C27H30F3N5O2/c1-15(36)23-20-11-10-18(16-6-4-3-5-7-16)24(25(20)33-32-23)31-26(37)19-9-8-17(27(28,29)30)14-21(19)22-12-13-35(2)34-22/h3-9,12-15,18,20,23-25,32-33,36H,10-11H2,1-2H3,(H,31,37)/t15-,18?,20?,23?,24?,25?/m0/s1. The van der Waals surface area contributed by atoms with Crippen LogP contribution >= 0.6 is 0 Å². The Morgan fingerprint density at radius 3 is 2.54 bits per heavy atom. The number of alkyl halides is 3. The van der Waals surface area contributed by atoms with E-state index in [0.29, 0.717) is 0 Å². The molecule has 0 bridgehead atoms. The second kappa shape index (κ2) is 9.92. The number of hydrazine groups is 1. The van der Waals surface area contributed by atoms with Gasteiger partial charge in [-0.05, 0) is 55.5 Å². The molecule has 2 fully saturated rings. The van der Waals surface area contributed by atoms with Crippen molar-refractivity contribution in [3.05, 3.63) is 77.5 Å². The Hall–Kier alpha value is -3.21. The molecule has 1 aliphatic carbocycles. The summed E-state index contributed by atoms with van der Waals surface area (Å²) in [5.41, 5.74) is 7.24. The zero-order valence-electron chi connectivity index (χ0n) is 20.5. The second-order valence-corrected chi connectivity index (χ2v) is 9.97. The third-order valence-electron chi connectivity index (χ3n) is 7.60. The zero-order chi connectivity index (χ0) is 26.3. The first-order valence-corrected chi connectivity index (χ1v) is 12.4. The monoisotopic (exact) mass is 513 g/mol. The average Bonchev–Trinajstić information content (AvgIpc) is 3.50. The van der Waals surface area contributed by atoms with Gasteiger partial charge >= 0.3 is 6.18 Å². The Labute approximate surface area is 213 Å². The van der Waals surface area contributed by atoms with Crippen molar-refractivity contribution in [1.29, 1.82) is 0 Å². The van der Waals surface area contributed by atoms with Crippen LogP contribution in [-0.4, -0.2) is 45.0 Å². The molecule has 1 aliphatic heterocycles. The Morgan fingerprint density at radius 1 is 1.14 bits per heavy atom. The number of fused-ring (bicyclic) bond motifs is 1. The molecule has 10 heteroatoms. The van der Waals surface area contributed by atoms with Gasteiger partial charge in [0.2, 0.25) is 0 Å². The number of hydrogen-bond donors (Lipinski definition) is 4. The Morgan fingerprint density at radius 2 is 1.89 bits per heavy atom. The highest BCUT2D eigenvalue weighted by Gasteiger charge is 2.48. The van der Waals surface area contributed by atoms with Crippen LogP contribution in [0.15, 0.2) is 60.8 Å². The number of halogens is 3. The number of aliphatic hydroxyl groups excluding tert-OH is 1. The van der Waals surface area contributed by atoms with Gasteiger partial charge in [-0.25, -0.2) is 0 Å². The third-order valence-corrected chi connectivity index (χ3v) is 7.60. The number of carbonyl (C=O) groups is 1. The SMILES string of the molecule is C[C@H](O)C1NNC2C1CCC(c1ccccc1)C2NC(=O)c1ccc(C(F)(F)F)cc1-c1ccn(C)n1. The van der Waals surface area contributed by atoms with Crippen molar-refractivity contribution in [3.8, 4) is 11.3 Å². The Bertz CT molecular complexity index is 1260. The van der Waals surface area contributed by atoms with Gasteiger partial charge in [0.15, 0.2) is 0 Å². The van der Waals surface area contributed by atoms with Crippen molar-refractivity contribution in [3.63, 3.8) is 0 Å². The van der Waals surface area contributed by atoms with Crippen LogP contribution in [0.4, 0.5) is 13.2 Å².